The number of carbonyl (C=O) groups excluding carboxylic acids is 1. The highest BCUT2D eigenvalue weighted by molar-refractivity contribution is 7.92. The summed E-state index contributed by atoms with van der Waals surface area (Å²) in [5.41, 5.74) is 0.343. The van der Waals surface area contributed by atoms with Crippen molar-refractivity contribution in [3.63, 3.8) is 0 Å². The van der Waals surface area contributed by atoms with E-state index in [-0.39, 0.29) is 18.5 Å². The molecule has 0 spiro atoms. The molecule has 2 unspecified atom stereocenters. The van der Waals surface area contributed by atoms with Gasteiger partial charge in [0.15, 0.2) is 0 Å². The van der Waals surface area contributed by atoms with E-state index in [2.05, 4.69) is 0 Å². The fourth-order valence-electron chi connectivity index (χ4n) is 2.99. The Balaban J connectivity index is 2.19. The summed E-state index contributed by atoms with van der Waals surface area (Å²) in [4.78, 5) is 14.0. The monoisotopic (exact) mass is 374 g/mol. The number of aliphatic hydroxyl groups excluding tert-OH is 1. The van der Waals surface area contributed by atoms with Gasteiger partial charge < -0.3 is 10.0 Å². The van der Waals surface area contributed by atoms with Crippen molar-refractivity contribution in [2.75, 3.05) is 24.2 Å². The average Bonchev–Trinajstić information content (AvgIpc) is 2.51. The van der Waals surface area contributed by atoms with Gasteiger partial charge in [0.1, 0.15) is 6.54 Å². The minimum absolute atomic E-state index is 0.271. The van der Waals surface area contributed by atoms with E-state index in [0.717, 1.165) is 29.8 Å². The molecule has 1 N–H and O–H groups in total. The van der Waals surface area contributed by atoms with Crippen molar-refractivity contribution in [2.24, 2.45) is 0 Å². The fraction of sp³-hybridized carbons (Fsp3) is 0.562. The zero-order valence-electron chi connectivity index (χ0n) is 13.9. The van der Waals surface area contributed by atoms with Crippen molar-refractivity contribution in [2.45, 2.75) is 37.8 Å². The molecule has 1 fully saturated rings. The zero-order valence-corrected chi connectivity index (χ0v) is 15.4. The number of aliphatic hydroxyl groups is 1. The number of rotatable bonds is 5. The lowest BCUT2D eigenvalue weighted by Gasteiger charge is -2.36. The molecule has 1 aromatic rings. The van der Waals surface area contributed by atoms with E-state index < -0.39 is 16.1 Å². The number of nitrogens with zero attached hydrogens (tertiary/aromatic N) is 2. The molecule has 2 rings (SSSR count). The molecule has 0 heterocycles. The fourth-order valence-corrected chi connectivity index (χ4v) is 4.02. The van der Waals surface area contributed by atoms with Crippen molar-refractivity contribution < 1.29 is 18.3 Å². The van der Waals surface area contributed by atoms with E-state index in [9.17, 15) is 18.3 Å². The van der Waals surface area contributed by atoms with E-state index in [1.54, 1.807) is 25.2 Å². The number of carbonyl (C=O) groups is 1. The average molecular weight is 375 g/mol. The predicted octanol–water partition coefficient (Wildman–Crippen LogP) is 1.87. The second kappa shape index (κ2) is 7.72. The Morgan fingerprint density at radius 3 is 2.58 bits per heavy atom. The second-order valence-corrected chi connectivity index (χ2v) is 8.52. The number of hydrogen-bond donors (Lipinski definition) is 1. The smallest absolute Gasteiger partial charge is 0.243 e. The minimum Gasteiger partial charge on any atom is -0.391 e. The van der Waals surface area contributed by atoms with Crippen molar-refractivity contribution in [1.82, 2.24) is 4.90 Å². The molecule has 2 atom stereocenters. The van der Waals surface area contributed by atoms with Crippen LogP contribution in [0.25, 0.3) is 0 Å². The third-order valence-corrected chi connectivity index (χ3v) is 5.74. The normalized spacial score (nSPS) is 21.3. The van der Waals surface area contributed by atoms with Gasteiger partial charge in [-0.1, -0.05) is 30.5 Å². The van der Waals surface area contributed by atoms with Gasteiger partial charge in [-0.15, -0.1) is 0 Å². The van der Waals surface area contributed by atoms with Gasteiger partial charge >= 0.3 is 0 Å². The summed E-state index contributed by atoms with van der Waals surface area (Å²) in [7, 11) is -2.03. The summed E-state index contributed by atoms with van der Waals surface area (Å²) in [6.45, 7) is -0.321. The molecule has 8 heteroatoms. The number of amides is 1. The first-order chi connectivity index (χ1) is 11.2. The van der Waals surface area contributed by atoms with Gasteiger partial charge in [-0.05, 0) is 31.0 Å². The highest BCUT2D eigenvalue weighted by atomic mass is 35.5. The topological polar surface area (TPSA) is 77.9 Å². The Bertz CT molecular complexity index is 695. The molecule has 1 aliphatic carbocycles. The molecule has 1 aromatic carbocycles. The van der Waals surface area contributed by atoms with Crippen LogP contribution in [0.3, 0.4) is 0 Å². The van der Waals surface area contributed by atoms with Crippen molar-refractivity contribution in [3.05, 3.63) is 29.3 Å². The van der Waals surface area contributed by atoms with E-state index in [1.165, 1.54) is 11.0 Å². The Morgan fingerprint density at radius 2 is 2.00 bits per heavy atom. The summed E-state index contributed by atoms with van der Waals surface area (Å²) in [5.74, 6) is -0.355. The molecule has 134 valence electrons. The van der Waals surface area contributed by atoms with Gasteiger partial charge in [0.25, 0.3) is 0 Å². The van der Waals surface area contributed by atoms with Gasteiger partial charge in [0, 0.05) is 12.1 Å². The highest BCUT2D eigenvalue weighted by Gasteiger charge is 2.31. The number of hydrogen-bond acceptors (Lipinski definition) is 4. The lowest BCUT2D eigenvalue weighted by Crippen LogP contribution is -2.50. The van der Waals surface area contributed by atoms with Gasteiger partial charge in [0.05, 0.1) is 24.1 Å². The molecule has 0 aromatic heterocycles. The van der Waals surface area contributed by atoms with Crippen LogP contribution in [0, 0.1) is 0 Å². The predicted molar refractivity (Wildman–Crippen MR) is 94.7 cm³/mol. The summed E-state index contributed by atoms with van der Waals surface area (Å²) < 4.78 is 25.2. The van der Waals surface area contributed by atoms with Crippen LogP contribution in [0.2, 0.25) is 5.02 Å². The van der Waals surface area contributed by atoms with Crippen molar-refractivity contribution in [3.8, 4) is 0 Å². The van der Waals surface area contributed by atoms with Crippen LogP contribution in [-0.4, -0.2) is 56.3 Å². The quantitative estimate of drug-likeness (QED) is 0.853. The van der Waals surface area contributed by atoms with Gasteiger partial charge in [0.2, 0.25) is 15.9 Å². The maximum absolute atomic E-state index is 12.6. The van der Waals surface area contributed by atoms with Crippen LogP contribution in [-0.2, 0) is 14.8 Å². The molecule has 24 heavy (non-hydrogen) atoms. The van der Waals surface area contributed by atoms with Crippen molar-refractivity contribution in [1.29, 1.82) is 0 Å². The van der Waals surface area contributed by atoms with E-state index in [1.807, 2.05) is 0 Å². The summed E-state index contributed by atoms with van der Waals surface area (Å²) in [6, 6.07) is 6.10. The summed E-state index contributed by atoms with van der Waals surface area (Å²) >= 11 is 5.93. The summed E-state index contributed by atoms with van der Waals surface area (Å²) in [6.07, 6.45) is 3.76. The molecular formula is C16H23ClN2O4S. The molecule has 0 radical (unpaired) electrons. The van der Waals surface area contributed by atoms with Crippen LogP contribution >= 0.6 is 11.6 Å². The van der Waals surface area contributed by atoms with E-state index in [4.69, 9.17) is 11.6 Å². The molecule has 0 saturated heterocycles. The molecule has 1 amide bonds. The Labute approximate surface area is 148 Å². The van der Waals surface area contributed by atoms with E-state index in [0.29, 0.717) is 17.1 Å². The highest BCUT2D eigenvalue weighted by Crippen LogP contribution is 2.24. The second-order valence-electron chi connectivity index (χ2n) is 6.17. The Kier molecular flexibility index (Phi) is 6.11. The first kappa shape index (κ1) is 19.0. The number of likely N-dealkylation sites (N-methyl/N-ethyl adjacent to an activating group) is 1. The van der Waals surface area contributed by atoms with Crippen LogP contribution in [0.5, 0.6) is 0 Å². The summed E-state index contributed by atoms with van der Waals surface area (Å²) in [5, 5.41) is 10.5. The van der Waals surface area contributed by atoms with Gasteiger partial charge in [-0.3, -0.25) is 9.10 Å². The van der Waals surface area contributed by atoms with Gasteiger partial charge in [-0.25, -0.2) is 8.42 Å². The maximum Gasteiger partial charge on any atom is 0.243 e. The number of halogens is 1. The maximum atomic E-state index is 12.6. The van der Waals surface area contributed by atoms with Crippen LogP contribution in [0.15, 0.2) is 24.3 Å². The molecule has 6 nitrogen and oxygen atoms in total. The standard InChI is InChI=1S/C16H23ClN2O4S/c1-18(14-8-3-4-9-15(14)20)16(21)11-19(24(2,22)23)13-7-5-6-12(17)10-13/h5-7,10,14-15,20H,3-4,8-9,11H2,1-2H3. The van der Waals surface area contributed by atoms with Gasteiger partial charge in [-0.2, -0.15) is 0 Å². The molecular weight excluding hydrogens is 352 g/mol. The third kappa shape index (κ3) is 4.62. The minimum atomic E-state index is -3.64. The zero-order chi connectivity index (χ0) is 17.9. The largest absolute Gasteiger partial charge is 0.391 e. The molecule has 0 aliphatic heterocycles. The van der Waals surface area contributed by atoms with Crippen LogP contribution in [0.1, 0.15) is 25.7 Å². The number of benzene rings is 1. The third-order valence-electron chi connectivity index (χ3n) is 4.36. The Morgan fingerprint density at radius 1 is 1.33 bits per heavy atom. The first-order valence-electron chi connectivity index (χ1n) is 7.87. The van der Waals surface area contributed by atoms with Crippen LogP contribution in [0.4, 0.5) is 5.69 Å². The van der Waals surface area contributed by atoms with Crippen molar-refractivity contribution >= 4 is 33.2 Å². The van der Waals surface area contributed by atoms with E-state index >= 15 is 0 Å². The molecule has 1 saturated carbocycles. The lowest BCUT2D eigenvalue weighted by atomic mass is 9.91. The SMILES string of the molecule is CN(C(=O)CN(c1cccc(Cl)c1)S(C)(=O)=O)C1CCCCC1O. The number of sulfonamides is 1. The lowest BCUT2D eigenvalue weighted by molar-refractivity contribution is -0.133. The van der Waals surface area contributed by atoms with Crippen LogP contribution < -0.4 is 4.31 Å². The molecule has 0 bridgehead atoms. The number of anilines is 1. The first-order valence-corrected chi connectivity index (χ1v) is 10.1. The molecule has 1 aliphatic rings. The Hall–Kier alpha value is -1.31.